The Morgan fingerprint density at radius 1 is 1.15 bits per heavy atom. The summed E-state index contributed by atoms with van der Waals surface area (Å²) in [7, 11) is 0. The summed E-state index contributed by atoms with van der Waals surface area (Å²) < 4.78 is 5.91. The quantitative estimate of drug-likeness (QED) is 0.621. The van der Waals surface area contributed by atoms with Crippen molar-refractivity contribution in [3.8, 4) is 0 Å². The lowest BCUT2D eigenvalue weighted by molar-refractivity contribution is -0.177. The maximum Gasteiger partial charge on any atom is 0.303 e. The molecular formula is C23H32O3. The van der Waals surface area contributed by atoms with Crippen molar-refractivity contribution in [3.05, 3.63) is 23.8 Å². The van der Waals surface area contributed by atoms with Crippen molar-refractivity contribution in [2.45, 2.75) is 78.2 Å². The molecule has 3 saturated carbocycles. The molecule has 0 aromatic rings. The third-order valence-electron chi connectivity index (χ3n) is 8.83. The highest BCUT2D eigenvalue weighted by Crippen LogP contribution is 2.68. The second kappa shape index (κ2) is 5.56. The molecule has 1 unspecified atom stereocenters. The van der Waals surface area contributed by atoms with Crippen LogP contribution in [0, 0.1) is 28.6 Å². The second-order valence-electron chi connectivity index (χ2n) is 9.95. The Balaban J connectivity index is 1.71. The number of allylic oxidation sites excluding steroid dienone is 2. The van der Waals surface area contributed by atoms with Gasteiger partial charge in [-0.25, -0.2) is 0 Å². The first-order chi connectivity index (χ1) is 12.1. The maximum atomic E-state index is 12.0. The Hall–Kier alpha value is -1.38. The van der Waals surface area contributed by atoms with Crippen molar-refractivity contribution in [2.75, 3.05) is 0 Å². The van der Waals surface area contributed by atoms with Crippen molar-refractivity contribution in [1.82, 2.24) is 0 Å². The third-order valence-corrected chi connectivity index (χ3v) is 8.83. The van der Waals surface area contributed by atoms with E-state index in [0.717, 1.165) is 38.5 Å². The van der Waals surface area contributed by atoms with Crippen LogP contribution in [0.1, 0.15) is 72.6 Å². The van der Waals surface area contributed by atoms with Gasteiger partial charge >= 0.3 is 5.97 Å². The van der Waals surface area contributed by atoms with Crippen molar-refractivity contribution in [3.63, 3.8) is 0 Å². The first-order valence-corrected chi connectivity index (χ1v) is 10.2. The number of hydrogen-bond donors (Lipinski definition) is 0. The Morgan fingerprint density at radius 2 is 1.85 bits per heavy atom. The Morgan fingerprint density at radius 3 is 2.54 bits per heavy atom. The molecule has 4 aliphatic carbocycles. The lowest BCUT2D eigenvalue weighted by Gasteiger charge is -2.59. The van der Waals surface area contributed by atoms with E-state index in [1.54, 1.807) is 0 Å². The van der Waals surface area contributed by atoms with Crippen LogP contribution in [0.2, 0.25) is 0 Å². The SMILES string of the molecule is C=C1C[C@@H]2[C@@H](CC[C@@]3(C)[C@H]2CCC3(C)OC(C)=O)[C@@]2(C)CCC(=O)C=C12. The number of carbonyl (C=O) groups is 2. The van der Waals surface area contributed by atoms with E-state index in [9.17, 15) is 9.59 Å². The van der Waals surface area contributed by atoms with Crippen LogP contribution in [0.25, 0.3) is 0 Å². The summed E-state index contributed by atoms with van der Waals surface area (Å²) in [5, 5.41) is 0. The molecule has 0 spiro atoms. The van der Waals surface area contributed by atoms with Crippen molar-refractivity contribution < 1.29 is 14.3 Å². The van der Waals surface area contributed by atoms with Crippen LogP contribution in [0.15, 0.2) is 23.8 Å². The van der Waals surface area contributed by atoms with Gasteiger partial charge in [-0.2, -0.15) is 0 Å². The van der Waals surface area contributed by atoms with Crippen LogP contribution in [-0.4, -0.2) is 17.4 Å². The van der Waals surface area contributed by atoms with Crippen LogP contribution >= 0.6 is 0 Å². The van der Waals surface area contributed by atoms with Crippen LogP contribution in [0.4, 0.5) is 0 Å². The van der Waals surface area contributed by atoms with Gasteiger partial charge in [0.15, 0.2) is 5.78 Å². The molecule has 0 aliphatic heterocycles. The number of ether oxygens (including phenoxy) is 1. The smallest absolute Gasteiger partial charge is 0.303 e. The molecule has 26 heavy (non-hydrogen) atoms. The fourth-order valence-corrected chi connectivity index (χ4v) is 7.27. The van der Waals surface area contributed by atoms with Gasteiger partial charge in [0.25, 0.3) is 0 Å². The van der Waals surface area contributed by atoms with E-state index >= 15 is 0 Å². The molecule has 4 aliphatic rings. The summed E-state index contributed by atoms with van der Waals surface area (Å²) >= 11 is 0. The number of fused-ring (bicyclic) bond motifs is 5. The predicted octanol–water partition coefficient (Wildman–Crippen LogP) is 5.01. The van der Waals surface area contributed by atoms with E-state index in [4.69, 9.17) is 4.74 Å². The summed E-state index contributed by atoms with van der Waals surface area (Å²) in [5.74, 6) is 1.88. The molecule has 0 aromatic carbocycles. The number of esters is 1. The van der Waals surface area contributed by atoms with E-state index in [2.05, 4.69) is 27.4 Å². The molecule has 0 amide bonds. The highest BCUT2D eigenvalue weighted by molar-refractivity contribution is 5.92. The zero-order valence-electron chi connectivity index (χ0n) is 16.7. The zero-order valence-corrected chi connectivity index (χ0v) is 16.7. The van der Waals surface area contributed by atoms with Gasteiger partial charge in [-0.05, 0) is 80.3 Å². The zero-order chi connectivity index (χ0) is 18.9. The highest BCUT2D eigenvalue weighted by atomic mass is 16.6. The third kappa shape index (κ3) is 2.25. The average molecular weight is 357 g/mol. The van der Waals surface area contributed by atoms with Crippen LogP contribution in [-0.2, 0) is 14.3 Å². The monoisotopic (exact) mass is 356 g/mol. The van der Waals surface area contributed by atoms with Gasteiger partial charge in [0.1, 0.15) is 5.60 Å². The molecule has 0 heterocycles. The molecule has 142 valence electrons. The first kappa shape index (κ1) is 18.0. The predicted molar refractivity (Wildman–Crippen MR) is 101 cm³/mol. The molecular weight excluding hydrogens is 324 g/mol. The molecule has 3 heteroatoms. The maximum absolute atomic E-state index is 12.0. The van der Waals surface area contributed by atoms with Gasteiger partial charge in [-0.15, -0.1) is 0 Å². The Labute approximate surface area is 157 Å². The molecule has 0 saturated heterocycles. The van der Waals surface area contributed by atoms with Gasteiger partial charge in [0, 0.05) is 18.8 Å². The van der Waals surface area contributed by atoms with E-state index in [-0.39, 0.29) is 28.2 Å². The molecule has 3 nitrogen and oxygen atoms in total. The Bertz CT molecular complexity index is 719. The van der Waals surface area contributed by atoms with E-state index in [1.165, 1.54) is 18.1 Å². The van der Waals surface area contributed by atoms with Gasteiger partial charge in [0.05, 0.1) is 0 Å². The second-order valence-corrected chi connectivity index (χ2v) is 9.95. The van der Waals surface area contributed by atoms with Crippen LogP contribution in [0.5, 0.6) is 0 Å². The highest BCUT2D eigenvalue weighted by Gasteiger charge is 2.64. The van der Waals surface area contributed by atoms with Gasteiger partial charge in [0.2, 0.25) is 0 Å². The lowest BCUT2D eigenvalue weighted by Crippen LogP contribution is -2.55. The average Bonchev–Trinajstić information content (AvgIpc) is 2.80. The lowest BCUT2D eigenvalue weighted by atomic mass is 9.46. The van der Waals surface area contributed by atoms with E-state index in [0.29, 0.717) is 24.2 Å². The minimum absolute atomic E-state index is 0.0438. The normalized spacial score (nSPS) is 47.5. The van der Waals surface area contributed by atoms with Gasteiger partial charge in [-0.1, -0.05) is 26.0 Å². The standard InChI is InChI=1S/C23H32O3/c1-14-12-17-18(21(3)9-6-16(25)13-20(14)21)7-10-22(4)19(17)8-11-23(22,5)26-15(2)24/h13,17-19H,1,6-12H2,2-5H3/t17-,18-,19+,21-,22+,23?/m1/s1. The molecule has 0 bridgehead atoms. The molecule has 3 fully saturated rings. The number of rotatable bonds is 1. The van der Waals surface area contributed by atoms with Gasteiger partial charge in [-0.3, -0.25) is 9.59 Å². The van der Waals surface area contributed by atoms with Crippen molar-refractivity contribution >= 4 is 11.8 Å². The summed E-state index contributed by atoms with van der Waals surface area (Å²) in [6.07, 6.45) is 8.87. The minimum atomic E-state index is -0.352. The fraction of sp³-hybridized carbons (Fsp3) is 0.739. The molecule has 4 rings (SSSR count). The number of carbonyl (C=O) groups excluding carboxylic acids is 2. The summed E-state index contributed by atoms with van der Waals surface area (Å²) in [6.45, 7) is 12.8. The summed E-state index contributed by atoms with van der Waals surface area (Å²) in [6, 6.07) is 0. The molecule has 0 radical (unpaired) electrons. The molecule has 6 atom stereocenters. The summed E-state index contributed by atoms with van der Waals surface area (Å²) in [4.78, 5) is 23.8. The van der Waals surface area contributed by atoms with Gasteiger partial charge < -0.3 is 4.74 Å². The van der Waals surface area contributed by atoms with Crippen molar-refractivity contribution in [2.24, 2.45) is 28.6 Å². The largest absolute Gasteiger partial charge is 0.459 e. The number of ketones is 1. The first-order valence-electron chi connectivity index (χ1n) is 10.2. The van der Waals surface area contributed by atoms with E-state index < -0.39 is 0 Å². The van der Waals surface area contributed by atoms with Crippen LogP contribution in [0.3, 0.4) is 0 Å². The molecule has 0 N–H and O–H groups in total. The fourth-order valence-electron chi connectivity index (χ4n) is 7.27. The topological polar surface area (TPSA) is 43.4 Å². The number of hydrogen-bond acceptors (Lipinski definition) is 3. The van der Waals surface area contributed by atoms with Crippen molar-refractivity contribution in [1.29, 1.82) is 0 Å². The Kier molecular flexibility index (Phi) is 3.85. The minimum Gasteiger partial charge on any atom is -0.459 e. The van der Waals surface area contributed by atoms with E-state index in [1.807, 2.05) is 6.08 Å². The molecule has 0 aromatic heterocycles. The summed E-state index contributed by atoms with van der Waals surface area (Å²) in [5.41, 5.74) is 2.19. The van der Waals surface area contributed by atoms with Crippen LogP contribution < -0.4 is 0 Å².